The van der Waals surface area contributed by atoms with Gasteiger partial charge in [0.1, 0.15) is 6.04 Å². The summed E-state index contributed by atoms with van der Waals surface area (Å²) in [6, 6.07) is -0.401. The fourth-order valence-electron chi connectivity index (χ4n) is 2.65. The number of hydrogen-bond acceptors (Lipinski definition) is 2. The molecule has 136 valence electrons. The van der Waals surface area contributed by atoms with Crippen molar-refractivity contribution in [2.24, 2.45) is 5.92 Å². The van der Waals surface area contributed by atoms with Crippen molar-refractivity contribution in [1.82, 2.24) is 10.6 Å². The molecule has 4 nitrogen and oxygen atoms in total. The van der Waals surface area contributed by atoms with Crippen LogP contribution in [-0.2, 0) is 9.59 Å². The molecular formula is C19H38N2O2. The molecule has 0 unspecified atom stereocenters. The second kappa shape index (κ2) is 14.5. The number of unbranched alkanes of at least 4 members (excludes halogenated alkanes) is 7. The summed E-state index contributed by atoms with van der Waals surface area (Å²) in [6.07, 6.45) is 11.2. The molecule has 0 fully saturated rings. The standard InChI is InChI=1S/C19H38N2O2/c1-5-8-9-10-11-12-13-14-15-17(22)21-18(16(4)6-2)19(23)20-7-3/h16,18H,5-15H2,1-4H3,(H,20,23)(H,21,22)/t16-,18-/m0/s1. The summed E-state index contributed by atoms with van der Waals surface area (Å²) in [5.74, 6) is 0.0997. The first-order valence-corrected chi connectivity index (χ1v) is 9.63. The monoisotopic (exact) mass is 326 g/mol. The number of likely N-dealkylation sites (N-methyl/N-ethyl adjacent to an activating group) is 1. The number of carbonyl (C=O) groups excluding carboxylic acids is 2. The molecule has 23 heavy (non-hydrogen) atoms. The Morgan fingerprint density at radius 1 is 0.870 bits per heavy atom. The lowest BCUT2D eigenvalue weighted by Crippen LogP contribution is -2.50. The minimum Gasteiger partial charge on any atom is -0.355 e. The molecular weight excluding hydrogens is 288 g/mol. The first-order chi connectivity index (χ1) is 11.1. The highest BCUT2D eigenvalue weighted by Crippen LogP contribution is 2.11. The summed E-state index contributed by atoms with van der Waals surface area (Å²) in [6.45, 7) is 8.78. The molecule has 0 aliphatic carbocycles. The van der Waals surface area contributed by atoms with Gasteiger partial charge in [0.05, 0.1) is 0 Å². The molecule has 0 aliphatic rings. The van der Waals surface area contributed by atoms with E-state index in [9.17, 15) is 9.59 Å². The fourth-order valence-corrected chi connectivity index (χ4v) is 2.65. The third kappa shape index (κ3) is 11.2. The van der Waals surface area contributed by atoms with Crippen molar-refractivity contribution in [3.8, 4) is 0 Å². The Hall–Kier alpha value is -1.06. The first kappa shape index (κ1) is 21.9. The Morgan fingerprint density at radius 2 is 1.43 bits per heavy atom. The lowest BCUT2D eigenvalue weighted by Gasteiger charge is -2.23. The molecule has 0 aromatic rings. The maximum atomic E-state index is 12.1. The Bertz CT molecular complexity index is 318. The summed E-state index contributed by atoms with van der Waals surface area (Å²) in [4.78, 5) is 24.1. The van der Waals surface area contributed by atoms with E-state index in [1.165, 1.54) is 38.5 Å². The summed E-state index contributed by atoms with van der Waals surface area (Å²) in [7, 11) is 0. The van der Waals surface area contributed by atoms with Crippen LogP contribution in [-0.4, -0.2) is 24.4 Å². The number of rotatable bonds is 14. The van der Waals surface area contributed by atoms with Gasteiger partial charge in [0.2, 0.25) is 11.8 Å². The van der Waals surface area contributed by atoms with Crippen molar-refractivity contribution in [3.63, 3.8) is 0 Å². The van der Waals surface area contributed by atoms with Crippen LogP contribution in [0.5, 0.6) is 0 Å². The number of nitrogens with one attached hydrogen (secondary N) is 2. The molecule has 0 heterocycles. The molecule has 0 rings (SSSR count). The van der Waals surface area contributed by atoms with Crippen molar-refractivity contribution in [2.45, 2.75) is 97.9 Å². The SMILES string of the molecule is CCCCCCCCCCC(=O)N[C@H](C(=O)NCC)[C@@H](C)CC. The predicted molar refractivity (Wildman–Crippen MR) is 97.3 cm³/mol. The zero-order valence-electron chi connectivity index (χ0n) is 15.7. The van der Waals surface area contributed by atoms with Gasteiger partial charge in [-0.15, -0.1) is 0 Å². The van der Waals surface area contributed by atoms with Crippen LogP contribution in [0, 0.1) is 5.92 Å². The Morgan fingerprint density at radius 3 is 1.96 bits per heavy atom. The molecule has 0 bridgehead atoms. The highest BCUT2D eigenvalue weighted by molar-refractivity contribution is 5.87. The van der Waals surface area contributed by atoms with Crippen LogP contribution in [0.15, 0.2) is 0 Å². The van der Waals surface area contributed by atoms with Crippen LogP contribution in [0.3, 0.4) is 0 Å². The predicted octanol–water partition coefficient (Wildman–Crippen LogP) is 4.18. The van der Waals surface area contributed by atoms with Gasteiger partial charge in [-0.25, -0.2) is 0 Å². The minimum absolute atomic E-state index is 0.00698. The maximum absolute atomic E-state index is 12.1. The van der Waals surface area contributed by atoms with Gasteiger partial charge in [-0.1, -0.05) is 72.1 Å². The third-order valence-electron chi connectivity index (χ3n) is 4.42. The smallest absolute Gasteiger partial charge is 0.242 e. The van der Waals surface area contributed by atoms with E-state index in [4.69, 9.17) is 0 Å². The summed E-state index contributed by atoms with van der Waals surface area (Å²) >= 11 is 0. The largest absolute Gasteiger partial charge is 0.355 e. The fraction of sp³-hybridized carbons (Fsp3) is 0.895. The van der Waals surface area contributed by atoms with Crippen molar-refractivity contribution < 1.29 is 9.59 Å². The third-order valence-corrected chi connectivity index (χ3v) is 4.42. The van der Waals surface area contributed by atoms with E-state index in [1.807, 2.05) is 20.8 Å². The Labute approximate surface area is 143 Å². The Kier molecular flexibility index (Phi) is 13.9. The number of hydrogen-bond donors (Lipinski definition) is 2. The van der Waals surface area contributed by atoms with Crippen LogP contribution >= 0.6 is 0 Å². The first-order valence-electron chi connectivity index (χ1n) is 9.63. The minimum atomic E-state index is -0.401. The van der Waals surface area contributed by atoms with Crippen LogP contribution in [0.25, 0.3) is 0 Å². The molecule has 0 radical (unpaired) electrons. The molecule has 0 spiro atoms. The number of carbonyl (C=O) groups is 2. The van der Waals surface area contributed by atoms with Crippen molar-refractivity contribution in [2.75, 3.05) is 6.54 Å². The lowest BCUT2D eigenvalue weighted by molar-refractivity contribution is -0.130. The van der Waals surface area contributed by atoms with E-state index < -0.39 is 6.04 Å². The van der Waals surface area contributed by atoms with Crippen molar-refractivity contribution >= 4 is 11.8 Å². The van der Waals surface area contributed by atoms with Crippen LogP contribution in [0.4, 0.5) is 0 Å². The average Bonchev–Trinajstić information content (AvgIpc) is 2.54. The van der Waals surface area contributed by atoms with E-state index >= 15 is 0 Å². The second-order valence-electron chi connectivity index (χ2n) is 6.55. The van der Waals surface area contributed by atoms with Crippen LogP contribution < -0.4 is 10.6 Å². The van der Waals surface area contributed by atoms with Gasteiger partial charge in [0, 0.05) is 13.0 Å². The summed E-state index contributed by atoms with van der Waals surface area (Å²) in [5, 5.41) is 5.73. The molecule has 0 aromatic heterocycles. The highest BCUT2D eigenvalue weighted by Gasteiger charge is 2.24. The van der Waals surface area contributed by atoms with Gasteiger partial charge in [-0.2, -0.15) is 0 Å². The zero-order valence-corrected chi connectivity index (χ0v) is 15.7. The second-order valence-corrected chi connectivity index (χ2v) is 6.55. The summed E-state index contributed by atoms with van der Waals surface area (Å²) < 4.78 is 0. The average molecular weight is 327 g/mol. The number of amides is 2. The molecule has 0 saturated heterocycles. The quantitative estimate of drug-likeness (QED) is 0.470. The molecule has 2 atom stereocenters. The van der Waals surface area contributed by atoms with E-state index in [1.54, 1.807) is 0 Å². The summed E-state index contributed by atoms with van der Waals surface area (Å²) in [5.41, 5.74) is 0. The van der Waals surface area contributed by atoms with E-state index in [2.05, 4.69) is 17.6 Å². The normalized spacial score (nSPS) is 13.4. The van der Waals surface area contributed by atoms with E-state index in [0.29, 0.717) is 13.0 Å². The van der Waals surface area contributed by atoms with Crippen molar-refractivity contribution in [1.29, 1.82) is 0 Å². The van der Waals surface area contributed by atoms with Gasteiger partial charge in [0.25, 0.3) is 0 Å². The van der Waals surface area contributed by atoms with Crippen molar-refractivity contribution in [3.05, 3.63) is 0 Å². The van der Waals surface area contributed by atoms with Gasteiger partial charge < -0.3 is 10.6 Å². The molecule has 2 amide bonds. The van der Waals surface area contributed by atoms with E-state index in [-0.39, 0.29) is 17.7 Å². The molecule has 2 N–H and O–H groups in total. The molecule has 0 saturated carbocycles. The van der Waals surface area contributed by atoms with Gasteiger partial charge in [0.15, 0.2) is 0 Å². The van der Waals surface area contributed by atoms with Crippen LogP contribution in [0.1, 0.15) is 91.9 Å². The zero-order chi connectivity index (χ0) is 17.5. The van der Waals surface area contributed by atoms with Gasteiger partial charge in [-0.3, -0.25) is 9.59 Å². The maximum Gasteiger partial charge on any atom is 0.242 e. The lowest BCUT2D eigenvalue weighted by atomic mass is 9.98. The molecule has 4 heteroatoms. The van der Waals surface area contributed by atoms with Gasteiger partial charge >= 0.3 is 0 Å². The molecule has 0 aliphatic heterocycles. The van der Waals surface area contributed by atoms with Crippen LogP contribution in [0.2, 0.25) is 0 Å². The topological polar surface area (TPSA) is 58.2 Å². The molecule has 0 aromatic carbocycles. The highest BCUT2D eigenvalue weighted by atomic mass is 16.2. The van der Waals surface area contributed by atoms with Gasteiger partial charge in [-0.05, 0) is 19.3 Å². The Balaban J connectivity index is 3.93. The van der Waals surface area contributed by atoms with E-state index in [0.717, 1.165) is 19.3 Å².